The van der Waals surface area contributed by atoms with Crippen molar-refractivity contribution < 1.29 is 19.1 Å². The Balaban J connectivity index is 1.73. The number of nitrogens with one attached hydrogen (secondary N) is 1. The SMILES string of the molecule is COc1cc2c(=O)n(Cc3ccc(C(=O)N4CCCCCC4)cc3)c(=O)n(CC(=O)NC(C)C)c2cc1OC. The fourth-order valence-electron chi connectivity index (χ4n) is 4.94. The van der Waals surface area contributed by atoms with Crippen LogP contribution in [0.25, 0.3) is 10.9 Å². The molecule has 1 aliphatic rings. The monoisotopic (exact) mass is 536 g/mol. The molecule has 1 aliphatic heterocycles. The molecule has 3 aromatic rings. The van der Waals surface area contributed by atoms with Crippen LogP contribution in [0.4, 0.5) is 0 Å². The molecule has 1 saturated heterocycles. The molecular formula is C29H36N4O6. The first-order valence-electron chi connectivity index (χ1n) is 13.3. The summed E-state index contributed by atoms with van der Waals surface area (Å²) >= 11 is 0. The number of likely N-dealkylation sites (tertiary alicyclic amines) is 1. The van der Waals surface area contributed by atoms with E-state index in [9.17, 15) is 19.2 Å². The van der Waals surface area contributed by atoms with Crippen molar-refractivity contribution in [3.63, 3.8) is 0 Å². The third-order valence-corrected chi connectivity index (χ3v) is 6.92. The second kappa shape index (κ2) is 12.2. The van der Waals surface area contributed by atoms with Gasteiger partial charge < -0.3 is 19.7 Å². The largest absolute Gasteiger partial charge is 0.493 e. The zero-order chi connectivity index (χ0) is 28.1. The number of benzene rings is 2. The van der Waals surface area contributed by atoms with Crippen LogP contribution < -0.4 is 26.0 Å². The highest BCUT2D eigenvalue weighted by Gasteiger charge is 2.20. The predicted octanol–water partition coefficient (Wildman–Crippen LogP) is 2.77. The molecule has 1 aromatic heterocycles. The molecule has 208 valence electrons. The first-order valence-corrected chi connectivity index (χ1v) is 13.3. The van der Waals surface area contributed by atoms with Gasteiger partial charge in [-0.25, -0.2) is 4.79 Å². The fourth-order valence-corrected chi connectivity index (χ4v) is 4.94. The number of carbonyl (C=O) groups excluding carboxylic acids is 2. The van der Waals surface area contributed by atoms with Crippen LogP contribution >= 0.6 is 0 Å². The Morgan fingerprint density at radius 3 is 2.10 bits per heavy atom. The number of methoxy groups -OCH3 is 2. The normalized spacial score (nSPS) is 13.8. The summed E-state index contributed by atoms with van der Waals surface area (Å²) in [6.45, 7) is 4.87. The van der Waals surface area contributed by atoms with Crippen LogP contribution in [-0.4, -0.2) is 59.2 Å². The summed E-state index contributed by atoms with van der Waals surface area (Å²) in [4.78, 5) is 54.7. The zero-order valence-electron chi connectivity index (χ0n) is 23.0. The lowest BCUT2D eigenvalue weighted by Crippen LogP contribution is -2.43. The molecule has 0 atom stereocenters. The summed E-state index contributed by atoms with van der Waals surface area (Å²) in [7, 11) is 2.92. The molecule has 2 aromatic carbocycles. The van der Waals surface area contributed by atoms with Crippen molar-refractivity contribution in [2.24, 2.45) is 0 Å². The standard InChI is InChI=1S/C29H36N4O6/c1-19(2)30-26(34)18-32-23-16-25(39-4)24(38-3)15-22(23)28(36)33(29(32)37)17-20-9-11-21(12-10-20)27(35)31-13-7-5-6-8-14-31/h9-12,15-16,19H,5-8,13-14,17-18H2,1-4H3,(H,30,34). The molecule has 1 fully saturated rings. The van der Waals surface area contributed by atoms with E-state index in [1.165, 1.54) is 30.9 Å². The smallest absolute Gasteiger partial charge is 0.332 e. The van der Waals surface area contributed by atoms with Crippen LogP contribution in [0.1, 0.15) is 55.5 Å². The van der Waals surface area contributed by atoms with Crippen LogP contribution in [0.5, 0.6) is 11.5 Å². The highest BCUT2D eigenvalue weighted by molar-refractivity contribution is 5.94. The lowest BCUT2D eigenvalue weighted by Gasteiger charge is -2.20. The number of carbonyl (C=O) groups is 2. The van der Waals surface area contributed by atoms with Crippen LogP contribution in [0, 0.1) is 0 Å². The maximum absolute atomic E-state index is 13.6. The van der Waals surface area contributed by atoms with Gasteiger partial charge in [0.05, 0.1) is 31.7 Å². The number of hydrogen-bond acceptors (Lipinski definition) is 6. The molecule has 4 rings (SSSR count). The minimum atomic E-state index is -0.622. The van der Waals surface area contributed by atoms with Crippen molar-refractivity contribution in [1.82, 2.24) is 19.4 Å². The van der Waals surface area contributed by atoms with Gasteiger partial charge >= 0.3 is 5.69 Å². The molecule has 0 unspecified atom stereocenters. The lowest BCUT2D eigenvalue weighted by molar-refractivity contribution is -0.122. The predicted molar refractivity (Wildman–Crippen MR) is 149 cm³/mol. The molecule has 2 heterocycles. The van der Waals surface area contributed by atoms with Gasteiger partial charge in [0, 0.05) is 30.8 Å². The molecule has 0 saturated carbocycles. The second-order valence-corrected chi connectivity index (χ2v) is 10.1. The number of aromatic nitrogens is 2. The van der Waals surface area contributed by atoms with Crippen molar-refractivity contribution in [1.29, 1.82) is 0 Å². The van der Waals surface area contributed by atoms with E-state index >= 15 is 0 Å². The van der Waals surface area contributed by atoms with Crippen molar-refractivity contribution in [2.45, 2.75) is 58.7 Å². The van der Waals surface area contributed by atoms with Gasteiger partial charge in [-0.3, -0.25) is 23.5 Å². The number of nitrogens with zero attached hydrogens (tertiary/aromatic N) is 3. The van der Waals surface area contributed by atoms with Crippen LogP contribution in [0.2, 0.25) is 0 Å². The number of hydrogen-bond donors (Lipinski definition) is 1. The van der Waals surface area contributed by atoms with Crippen molar-refractivity contribution in [3.8, 4) is 11.5 Å². The number of rotatable bonds is 8. The molecule has 10 nitrogen and oxygen atoms in total. The van der Waals surface area contributed by atoms with E-state index in [0.717, 1.165) is 43.3 Å². The van der Waals surface area contributed by atoms with Crippen molar-refractivity contribution in [3.05, 3.63) is 68.4 Å². The van der Waals surface area contributed by atoms with Crippen LogP contribution in [0.15, 0.2) is 46.0 Å². The summed E-state index contributed by atoms with van der Waals surface area (Å²) < 4.78 is 13.1. The Bertz CT molecular complexity index is 1460. The Kier molecular flexibility index (Phi) is 8.73. The van der Waals surface area contributed by atoms with E-state index in [0.29, 0.717) is 22.6 Å². The van der Waals surface area contributed by atoms with Gasteiger partial charge in [0.25, 0.3) is 11.5 Å². The van der Waals surface area contributed by atoms with Gasteiger partial charge in [-0.15, -0.1) is 0 Å². The molecule has 0 spiro atoms. The van der Waals surface area contributed by atoms with Gasteiger partial charge in [-0.1, -0.05) is 25.0 Å². The van der Waals surface area contributed by atoms with Gasteiger partial charge in [0.1, 0.15) is 6.54 Å². The van der Waals surface area contributed by atoms with E-state index in [-0.39, 0.29) is 41.8 Å². The molecule has 10 heteroatoms. The Labute approximate surface area is 227 Å². The zero-order valence-corrected chi connectivity index (χ0v) is 23.0. The second-order valence-electron chi connectivity index (χ2n) is 10.1. The van der Waals surface area contributed by atoms with Crippen molar-refractivity contribution >= 4 is 22.7 Å². The first-order chi connectivity index (χ1) is 18.7. The fraction of sp³-hybridized carbons (Fsp3) is 0.448. The van der Waals surface area contributed by atoms with E-state index in [4.69, 9.17) is 9.47 Å². The quantitative estimate of drug-likeness (QED) is 0.474. The van der Waals surface area contributed by atoms with E-state index in [1.807, 2.05) is 18.7 Å². The van der Waals surface area contributed by atoms with Gasteiger partial charge in [-0.2, -0.15) is 0 Å². The highest BCUT2D eigenvalue weighted by atomic mass is 16.5. The maximum atomic E-state index is 13.6. The Morgan fingerprint density at radius 2 is 1.51 bits per heavy atom. The molecular weight excluding hydrogens is 500 g/mol. The minimum absolute atomic E-state index is 0.00844. The summed E-state index contributed by atoms with van der Waals surface area (Å²) in [5, 5.41) is 3.01. The van der Waals surface area contributed by atoms with Crippen LogP contribution in [0.3, 0.4) is 0 Å². The lowest BCUT2D eigenvalue weighted by atomic mass is 10.1. The van der Waals surface area contributed by atoms with E-state index in [2.05, 4.69) is 5.32 Å². The Morgan fingerprint density at radius 1 is 0.897 bits per heavy atom. The summed E-state index contributed by atoms with van der Waals surface area (Å²) in [6.07, 6.45) is 4.29. The minimum Gasteiger partial charge on any atom is -0.493 e. The van der Waals surface area contributed by atoms with Crippen LogP contribution in [-0.2, 0) is 17.9 Å². The summed E-state index contributed by atoms with van der Waals surface area (Å²) in [6, 6.07) is 9.92. The summed E-state index contributed by atoms with van der Waals surface area (Å²) in [5.41, 5.74) is 0.395. The van der Waals surface area contributed by atoms with Gasteiger partial charge in [-0.05, 0) is 50.5 Å². The topological polar surface area (TPSA) is 112 Å². The highest BCUT2D eigenvalue weighted by Crippen LogP contribution is 2.30. The van der Waals surface area contributed by atoms with Gasteiger partial charge in [0.2, 0.25) is 5.91 Å². The molecule has 39 heavy (non-hydrogen) atoms. The Hall–Kier alpha value is -4.08. The first kappa shape index (κ1) is 27.9. The van der Waals surface area contributed by atoms with E-state index in [1.54, 1.807) is 24.3 Å². The van der Waals surface area contributed by atoms with Crippen molar-refractivity contribution in [2.75, 3.05) is 27.3 Å². The van der Waals surface area contributed by atoms with Gasteiger partial charge in [0.15, 0.2) is 11.5 Å². The third kappa shape index (κ3) is 6.16. The van der Waals surface area contributed by atoms with E-state index < -0.39 is 11.2 Å². The summed E-state index contributed by atoms with van der Waals surface area (Å²) in [5.74, 6) is 0.307. The molecule has 0 aliphatic carbocycles. The number of fused-ring (bicyclic) bond motifs is 1. The maximum Gasteiger partial charge on any atom is 0.332 e. The molecule has 0 bridgehead atoms. The molecule has 2 amide bonds. The molecule has 1 N–H and O–H groups in total. The number of ether oxygens (including phenoxy) is 2. The number of amides is 2. The molecule has 0 radical (unpaired) electrons. The third-order valence-electron chi connectivity index (χ3n) is 6.92. The average Bonchev–Trinajstić information content (AvgIpc) is 3.22. The average molecular weight is 537 g/mol.